The highest BCUT2D eigenvalue weighted by atomic mass is 16.3. The van der Waals surface area contributed by atoms with Gasteiger partial charge in [0.15, 0.2) is 0 Å². The van der Waals surface area contributed by atoms with Crippen LogP contribution < -0.4 is 16.4 Å². The molecule has 2 aliphatic rings. The maximum atomic E-state index is 8.92. The number of aliphatic imine (C=N–C) groups is 1. The van der Waals surface area contributed by atoms with Crippen LogP contribution in [0, 0.1) is 5.92 Å². The van der Waals surface area contributed by atoms with Gasteiger partial charge in [-0.1, -0.05) is 12.1 Å². The lowest BCUT2D eigenvalue weighted by molar-refractivity contribution is 0.189. The molecule has 22 heavy (non-hydrogen) atoms. The first kappa shape index (κ1) is 15.1. The van der Waals surface area contributed by atoms with Gasteiger partial charge < -0.3 is 21.5 Å². The molecule has 1 aliphatic heterocycles. The van der Waals surface area contributed by atoms with Gasteiger partial charge in [-0.2, -0.15) is 0 Å². The Hall–Kier alpha value is -1.85. The smallest absolute Gasteiger partial charge is 0.0618 e. The van der Waals surface area contributed by atoms with E-state index in [2.05, 4.69) is 27.8 Å². The topological polar surface area (TPSA) is 82.7 Å². The number of fused-ring (bicyclic) bond motifs is 1. The third-order valence-electron chi connectivity index (χ3n) is 4.47. The first-order valence-corrected chi connectivity index (χ1v) is 7.96. The van der Waals surface area contributed by atoms with Crippen LogP contribution in [0.2, 0.25) is 0 Å². The highest BCUT2D eigenvalue weighted by molar-refractivity contribution is 5.84. The molecule has 1 aliphatic carbocycles. The monoisotopic (exact) mass is 300 g/mol. The van der Waals surface area contributed by atoms with Gasteiger partial charge in [-0.15, -0.1) is 0 Å². The number of hydrogen-bond acceptors (Lipinski definition) is 5. The largest absolute Gasteiger partial charge is 0.396 e. The highest BCUT2D eigenvalue weighted by Gasteiger charge is 2.27. The highest BCUT2D eigenvalue weighted by Crippen LogP contribution is 2.32. The van der Waals surface area contributed by atoms with Gasteiger partial charge in [-0.05, 0) is 37.3 Å². The van der Waals surface area contributed by atoms with Crippen molar-refractivity contribution >= 4 is 17.6 Å². The summed E-state index contributed by atoms with van der Waals surface area (Å²) in [7, 11) is 0. The molecule has 0 spiro atoms. The van der Waals surface area contributed by atoms with Crippen LogP contribution in [-0.2, 0) is 0 Å². The van der Waals surface area contributed by atoms with E-state index in [0.717, 1.165) is 48.5 Å². The Morgan fingerprint density at radius 3 is 2.82 bits per heavy atom. The van der Waals surface area contributed by atoms with Gasteiger partial charge in [-0.25, -0.2) is 0 Å². The van der Waals surface area contributed by atoms with E-state index in [1.54, 1.807) is 0 Å². The molecule has 0 unspecified atom stereocenters. The summed E-state index contributed by atoms with van der Waals surface area (Å²) in [6.45, 7) is 1.50. The molecule has 5 N–H and O–H groups in total. The second kappa shape index (κ2) is 6.94. The molecule has 5 nitrogen and oxygen atoms in total. The zero-order valence-electron chi connectivity index (χ0n) is 12.8. The van der Waals surface area contributed by atoms with E-state index in [9.17, 15) is 0 Å². The fourth-order valence-electron chi connectivity index (χ4n) is 3.02. The van der Waals surface area contributed by atoms with Crippen LogP contribution in [0.15, 0.2) is 40.5 Å². The zero-order chi connectivity index (χ0) is 15.4. The summed E-state index contributed by atoms with van der Waals surface area (Å²) in [4.78, 5) is 4.65. The lowest BCUT2D eigenvalue weighted by Crippen LogP contribution is -2.28. The SMILES string of the molecule is NCC(C=NC1CC(CCO)C1)=C1CNc2ccccc2N1. The van der Waals surface area contributed by atoms with Crippen molar-refractivity contribution in [1.29, 1.82) is 0 Å². The predicted molar refractivity (Wildman–Crippen MR) is 91.3 cm³/mol. The molecule has 118 valence electrons. The van der Waals surface area contributed by atoms with Crippen molar-refractivity contribution in [3.63, 3.8) is 0 Å². The zero-order valence-corrected chi connectivity index (χ0v) is 12.8. The first-order valence-electron chi connectivity index (χ1n) is 7.96. The lowest BCUT2D eigenvalue weighted by atomic mass is 9.79. The van der Waals surface area contributed by atoms with Crippen LogP contribution in [0.1, 0.15) is 19.3 Å². The number of aliphatic hydroxyl groups excluding tert-OH is 1. The minimum Gasteiger partial charge on any atom is -0.396 e. The quantitative estimate of drug-likeness (QED) is 0.627. The summed E-state index contributed by atoms with van der Waals surface area (Å²) in [5.74, 6) is 0.641. The number of nitrogens with two attached hydrogens (primary N) is 1. The van der Waals surface area contributed by atoms with Crippen LogP contribution in [0.3, 0.4) is 0 Å². The standard InChI is InChI=1S/C17H24N4O/c18-9-13(10-19-14-7-12(8-14)5-6-22)17-11-20-15-3-1-2-4-16(15)21-17/h1-4,10,12,14,20-22H,5-9,11,18H2. The molecule has 0 aromatic heterocycles. The van der Waals surface area contributed by atoms with Crippen molar-refractivity contribution in [3.8, 4) is 0 Å². The number of nitrogens with one attached hydrogen (secondary N) is 2. The Labute approximate surface area is 131 Å². The fraction of sp³-hybridized carbons (Fsp3) is 0.471. The van der Waals surface area contributed by atoms with E-state index >= 15 is 0 Å². The van der Waals surface area contributed by atoms with Crippen molar-refractivity contribution in [3.05, 3.63) is 35.5 Å². The van der Waals surface area contributed by atoms with Crippen LogP contribution in [0.5, 0.6) is 0 Å². The van der Waals surface area contributed by atoms with Crippen molar-refractivity contribution in [2.45, 2.75) is 25.3 Å². The van der Waals surface area contributed by atoms with Crippen molar-refractivity contribution in [1.82, 2.24) is 0 Å². The summed E-state index contributed by atoms with van der Waals surface area (Å²) < 4.78 is 0. The van der Waals surface area contributed by atoms with E-state index in [0.29, 0.717) is 18.5 Å². The Morgan fingerprint density at radius 1 is 1.32 bits per heavy atom. The van der Waals surface area contributed by atoms with Gasteiger partial charge in [0.1, 0.15) is 0 Å². The van der Waals surface area contributed by atoms with Crippen molar-refractivity contribution in [2.24, 2.45) is 16.6 Å². The van der Waals surface area contributed by atoms with E-state index < -0.39 is 0 Å². The molecule has 0 saturated heterocycles. The van der Waals surface area contributed by atoms with Crippen molar-refractivity contribution in [2.75, 3.05) is 30.3 Å². The molecule has 0 bridgehead atoms. The molecule has 0 atom stereocenters. The maximum absolute atomic E-state index is 8.92. The number of hydrogen-bond donors (Lipinski definition) is 4. The first-order chi connectivity index (χ1) is 10.8. The molecule has 3 rings (SSSR count). The van der Waals surface area contributed by atoms with Gasteiger partial charge in [0.25, 0.3) is 0 Å². The lowest BCUT2D eigenvalue weighted by Gasteiger charge is -2.32. The molecular weight excluding hydrogens is 276 g/mol. The number of aliphatic hydroxyl groups is 1. The van der Waals surface area contributed by atoms with Gasteiger partial charge >= 0.3 is 0 Å². The van der Waals surface area contributed by atoms with E-state index in [-0.39, 0.29) is 6.61 Å². The predicted octanol–water partition coefficient (Wildman–Crippen LogP) is 1.97. The molecule has 5 heteroatoms. The number of rotatable bonds is 5. The van der Waals surface area contributed by atoms with Crippen molar-refractivity contribution < 1.29 is 5.11 Å². The average molecular weight is 300 g/mol. The number of nitrogens with zero attached hydrogens (tertiary/aromatic N) is 1. The Morgan fingerprint density at radius 2 is 2.09 bits per heavy atom. The van der Waals surface area contributed by atoms with Gasteiger partial charge in [0.05, 0.1) is 24.0 Å². The number of anilines is 2. The molecule has 1 aromatic carbocycles. The summed E-state index contributed by atoms with van der Waals surface area (Å²) in [6, 6.07) is 8.54. The van der Waals surface area contributed by atoms with Gasteiger partial charge in [-0.3, -0.25) is 4.99 Å². The van der Waals surface area contributed by atoms with Crippen LogP contribution in [0.4, 0.5) is 11.4 Å². The molecular formula is C17H24N4O. The second-order valence-corrected chi connectivity index (χ2v) is 6.01. The summed E-state index contributed by atoms with van der Waals surface area (Å²) in [5.41, 5.74) is 10.2. The van der Waals surface area contributed by atoms with E-state index in [4.69, 9.17) is 10.8 Å². The number of para-hydroxylation sites is 2. The maximum Gasteiger partial charge on any atom is 0.0618 e. The van der Waals surface area contributed by atoms with Crippen LogP contribution >= 0.6 is 0 Å². The molecule has 0 amide bonds. The molecule has 1 fully saturated rings. The molecule has 1 aromatic rings. The van der Waals surface area contributed by atoms with Gasteiger partial charge in [0.2, 0.25) is 0 Å². The third-order valence-corrected chi connectivity index (χ3v) is 4.47. The molecule has 1 saturated carbocycles. The van der Waals surface area contributed by atoms with Crippen LogP contribution in [0.25, 0.3) is 0 Å². The van der Waals surface area contributed by atoms with E-state index in [1.165, 1.54) is 0 Å². The Bertz CT molecular complexity index is 576. The summed E-state index contributed by atoms with van der Waals surface area (Å²) in [5, 5.41) is 15.8. The second-order valence-electron chi connectivity index (χ2n) is 6.01. The van der Waals surface area contributed by atoms with Gasteiger partial charge in [0, 0.05) is 30.6 Å². The van der Waals surface area contributed by atoms with Crippen LogP contribution in [-0.4, -0.2) is 37.1 Å². The third kappa shape index (κ3) is 3.31. The van der Waals surface area contributed by atoms with E-state index in [1.807, 2.05) is 18.3 Å². The summed E-state index contributed by atoms with van der Waals surface area (Å²) in [6.07, 6.45) is 4.99. The average Bonchev–Trinajstić information content (AvgIpc) is 2.52. The number of benzene rings is 1. The normalized spacial score (nSPS) is 25.9. The molecule has 1 heterocycles. The Kier molecular flexibility index (Phi) is 4.75. The molecule has 0 radical (unpaired) electrons. The minimum absolute atomic E-state index is 0.286. The summed E-state index contributed by atoms with van der Waals surface area (Å²) >= 11 is 0. The fourth-order valence-corrected chi connectivity index (χ4v) is 3.02. The Balaban J connectivity index is 1.64. The minimum atomic E-state index is 0.286.